The Kier molecular flexibility index (Phi) is 4.00. The predicted molar refractivity (Wildman–Crippen MR) is 62.2 cm³/mol. The number of carbonyl (C=O) groups excluding carboxylic acids is 1. The molecule has 0 spiro atoms. The first kappa shape index (κ1) is 12.2. The fourth-order valence-corrected chi connectivity index (χ4v) is 1.49. The van der Waals surface area contributed by atoms with Crippen LogP contribution >= 0.6 is 0 Å². The van der Waals surface area contributed by atoms with Gasteiger partial charge in [-0.05, 0) is 11.1 Å². The minimum Gasteiger partial charge on any atom is -0.480 e. The minimum atomic E-state index is -1.10. The average molecular weight is 218 g/mol. The van der Waals surface area contributed by atoms with Crippen LogP contribution in [0.3, 0.4) is 0 Å². The molecule has 0 amide bonds. The quantitative estimate of drug-likeness (QED) is 0.772. The second-order valence-electron chi connectivity index (χ2n) is 3.46. The van der Waals surface area contributed by atoms with E-state index in [9.17, 15) is 9.59 Å². The number of hydrogen-bond acceptors (Lipinski definition) is 2. The number of Topliss-reactive ketones (excluding diaryl/α,β-unsaturated/α-hetero) is 1. The Hall–Kier alpha value is -1.90. The van der Waals surface area contributed by atoms with E-state index in [0.717, 1.165) is 5.56 Å². The van der Waals surface area contributed by atoms with Gasteiger partial charge < -0.3 is 5.11 Å². The van der Waals surface area contributed by atoms with Crippen LogP contribution in [0, 0.1) is 0 Å². The van der Waals surface area contributed by atoms with Crippen molar-refractivity contribution in [3.05, 3.63) is 42.0 Å². The Morgan fingerprint density at radius 2 is 1.94 bits per heavy atom. The number of rotatable bonds is 5. The molecule has 16 heavy (non-hydrogen) atoms. The zero-order valence-corrected chi connectivity index (χ0v) is 9.14. The van der Waals surface area contributed by atoms with E-state index in [1.165, 1.54) is 0 Å². The zero-order chi connectivity index (χ0) is 12.1. The Morgan fingerprint density at radius 1 is 1.38 bits per heavy atom. The lowest BCUT2D eigenvalue weighted by molar-refractivity contribution is -0.142. The van der Waals surface area contributed by atoms with Gasteiger partial charge in [0.05, 0.1) is 0 Å². The molecule has 3 heteroatoms. The first-order valence-electron chi connectivity index (χ1n) is 5.08. The fraction of sp³-hybridized carbons (Fsp3) is 0.231. The molecule has 0 radical (unpaired) electrons. The van der Waals surface area contributed by atoms with Gasteiger partial charge in [-0.15, -0.1) is 0 Å². The summed E-state index contributed by atoms with van der Waals surface area (Å²) < 4.78 is 0. The molecule has 0 aromatic heterocycles. The molecular formula is C13H14O3. The van der Waals surface area contributed by atoms with Crippen molar-refractivity contribution >= 4 is 17.8 Å². The molecule has 3 nitrogen and oxygen atoms in total. The van der Waals surface area contributed by atoms with Crippen molar-refractivity contribution in [3.8, 4) is 0 Å². The highest BCUT2D eigenvalue weighted by Gasteiger charge is 2.26. The number of ketones is 1. The van der Waals surface area contributed by atoms with Gasteiger partial charge in [-0.2, -0.15) is 0 Å². The standard InChI is InChI=1S/C13H14O3/c1-3-9-5-7-10(8-6-9)12(13(15)16)11(14)4-2/h3,5-8,12H,1,4H2,2H3,(H,15,16). The summed E-state index contributed by atoms with van der Waals surface area (Å²) in [6.45, 7) is 5.27. The molecule has 0 saturated carbocycles. The number of carboxylic acid groups (broad SMARTS) is 1. The van der Waals surface area contributed by atoms with Crippen molar-refractivity contribution in [2.24, 2.45) is 0 Å². The number of carboxylic acids is 1. The Morgan fingerprint density at radius 3 is 2.31 bits per heavy atom. The topological polar surface area (TPSA) is 54.4 Å². The highest BCUT2D eigenvalue weighted by Crippen LogP contribution is 2.19. The summed E-state index contributed by atoms with van der Waals surface area (Å²) >= 11 is 0. The summed E-state index contributed by atoms with van der Waals surface area (Å²) in [5.74, 6) is -2.43. The van der Waals surface area contributed by atoms with Crippen LogP contribution in [0.2, 0.25) is 0 Å². The molecule has 0 bridgehead atoms. The van der Waals surface area contributed by atoms with Gasteiger partial charge in [0, 0.05) is 6.42 Å². The van der Waals surface area contributed by atoms with E-state index in [1.54, 1.807) is 37.3 Å². The molecular weight excluding hydrogens is 204 g/mol. The van der Waals surface area contributed by atoms with Gasteiger partial charge in [-0.25, -0.2) is 0 Å². The molecule has 1 unspecified atom stereocenters. The van der Waals surface area contributed by atoms with Crippen molar-refractivity contribution in [1.82, 2.24) is 0 Å². The summed E-state index contributed by atoms with van der Waals surface area (Å²) in [4.78, 5) is 22.5. The van der Waals surface area contributed by atoms with E-state index >= 15 is 0 Å². The molecule has 1 atom stereocenters. The first-order chi connectivity index (χ1) is 7.60. The van der Waals surface area contributed by atoms with E-state index in [-0.39, 0.29) is 12.2 Å². The monoisotopic (exact) mass is 218 g/mol. The number of benzene rings is 1. The van der Waals surface area contributed by atoms with E-state index in [1.807, 2.05) is 0 Å². The molecule has 1 aromatic rings. The van der Waals surface area contributed by atoms with E-state index in [4.69, 9.17) is 5.11 Å². The second-order valence-corrected chi connectivity index (χ2v) is 3.46. The second kappa shape index (κ2) is 5.26. The fourth-order valence-electron chi connectivity index (χ4n) is 1.49. The van der Waals surface area contributed by atoms with E-state index in [0.29, 0.717) is 5.56 Å². The number of hydrogen-bond donors (Lipinski definition) is 1. The molecule has 1 rings (SSSR count). The molecule has 0 saturated heterocycles. The van der Waals surface area contributed by atoms with Crippen LogP contribution in [0.15, 0.2) is 30.8 Å². The summed E-state index contributed by atoms with van der Waals surface area (Å²) in [5, 5.41) is 9.01. The minimum absolute atomic E-state index is 0.222. The molecule has 1 aromatic carbocycles. The van der Waals surface area contributed by atoms with Gasteiger partial charge in [0.25, 0.3) is 0 Å². The van der Waals surface area contributed by atoms with Gasteiger partial charge in [0.1, 0.15) is 5.92 Å². The number of aliphatic carboxylic acids is 1. The summed E-state index contributed by atoms with van der Waals surface area (Å²) in [5.41, 5.74) is 1.42. The van der Waals surface area contributed by atoms with Gasteiger partial charge in [-0.3, -0.25) is 9.59 Å². The summed E-state index contributed by atoms with van der Waals surface area (Å²) in [6, 6.07) is 6.81. The van der Waals surface area contributed by atoms with Gasteiger partial charge in [0.2, 0.25) is 0 Å². The smallest absolute Gasteiger partial charge is 0.318 e. The van der Waals surface area contributed by atoms with Gasteiger partial charge >= 0.3 is 5.97 Å². The molecule has 0 heterocycles. The van der Waals surface area contributed by atoms with Crippen molar-refractivity contribution < 1.29 is 14.7 Å². The Bertz CT molecular complexity index is 404. The van der Waals surface area contributed by atoms with Crippen LogP contribution in [0.1, 0.15) is 30.4 Å². The highest BCUT2D eigenvalue weighted by atomic mass is 16.4. The summed E-state index contributed by atoms with van der Waals surface area (Å²) in [6.07, 6.45) is 1.89. The lowest BCUT2D eigenvalue weighted by Crippen LogP contribution is -2.20. The van der Waals surface area contributed by atoms with E-state index < -0.39 is 11.9 Å². The van der Waals surface area contributed by atoms with Crippen LogP contribution in [0.25, 0.3) is 6.08 Å². The predicted octanol–water partition coefficient (Wildman–Crippen LogP) is 2.48. The third-order valence-electron chi connectivity index (χ3n) is 2.42. The molecule has 0 aliphatic carbocycles. The third kappa shape index (κ3) is 2.57. The number of carbonyl (C=O) groups is 2. The average Bonchev–Trinajstić information content (AvgIpc) is 2.29. The molecule has 0 aliphatic heterocycles. The van der Waals surface area contributed by atoms with E-state index in [2.05, 4.69) is 6.58 Å². The molecule has 0 aliphatic rings. The van der Waals surface area contributed by atoms with Crippen molar-refractivity contribution in [2.45, 2.75) is 19.3 Å². The van der Waals surface area contributed by atoms with Crippen LogP contribution in [0.4, 0.5) is 0 Å². The lowest BCUT2D eigenvalue weighted by Gasteiger charge is -2.10. The maximum Gasteiger partial charge on any atom is 0.318 e. The van der Waals surface area contributed by atoms with Crippen molar-refractivity contribution in [2.75, 3.05) is 0 Å². The van der Waals surface area contributed by atoms with Crippen molar-refractivity contribution in [3.63, 3.8) is 0 Å². The van der Waals surface area contributed by atoms with Gasteiger partial charge in [0.15, 0.2) is 5.78 Å². The maximum absolute atomic E-state index is 11.5. The molecule has 1 N–H and O–H groups in total. The van der Waals surface area contributed by atoms with Gasteiger partial charge in [-0.1, -0.05) is 43.8 Å². The maximum atomic E-state index is 11.5. The molecule has 84 valence electrons. The largest absolute Gasteiger partial charge is 0.480 e. The summed E-state index contributed by atoms with van der Waals surface area (Å²) in [7, 11) is 0. The normalized spacial score (nSPS) is 11.8. The SMILES string of the molecule is C=Cc1ccc(C(C(=O)O)C(=O)CC)cc1. The third-order valence-corrected chi connectivity index (χ3v) is 2.42. The Balaban J connectivity index is 3.06. The Labute approximate surface area is 94.4 Å². The lowest BCUT2D eigenvalue weighted by atomic mass is 9.93. The zero-order valence-electron chi connectivity index (χ0n) is 9.14. The van der Waals surface area contributed by atoms with Crippen LogP contribution in [0.5, 0.6) is 0 Å². The van der Waals surface area contributed by atoms with Crippen molar-refractivity contribution in [1.29, 1.82) is 0 Å². The first-order valence-corrected chi connectivity index (χ1v) is 5.08. The van der Waals surface area contributed by atoms with Crippen LogP contribution < -0.4 is 0 Å². The highest BCUT2D eigenvalue weighted by molar-refractivity contribution is 6.03. The molecule has 0 fully saturated rings. The van der Waals surface area contributed by atoms with Crippen LogP contribution in [-0.2, 0) is 9.59 Å². The van der Waals surface area contributed by atoms with Crippen LogP contribution in [-0.4, -0.2) is 16.9 Å².